The van der Waals surface area contributed by atoms with Crippen LogP contribution < -0.4 is 11.1 Å². The van der Waals surface area contributed by atoms with E-state index in [-0.39, 0.29) is 23.5 Å². The minimum atomic E-state index is -0.996. The van der Waals surface area contributed by atoms with Gasteiger partial charge in [0, 0.05) is 19.5 Å². The zero-order valence-electron chi connectivity index (χ0n) is 17.6. The molecule has 2 rings (SSSR count). The summed E-state index contributed by atoms with van der Waals surface area (Å²) in [4.78, 5) is 25.8. The lowest BCUT2D eigenvalue weighted by atomic mass is 9.68. The molecule has 0 unspecified atom stereocenters. The van der Waals surface area contributed by atoms with Gasteiger partial charge in [0.05, 0.1) is 0 Å². The Bertz CT molecular complexity index is 696. The van der Waals surface area contributed by atoms with Crippen LogP contribution in [0.5, 0.6) is 5.75 Å². The Morgan fingerprint density at radius 1 is 1.38 bits per heavy atom. The first-order valence-electron chi connectivity index (χ1n) is 10.5. The van der Waals surface area contributed by atoms with Crippen LogP contribution in [0.1, 0.15) is 51.5 Å². The number of hydrogen-bond donors (Lipinski definition) is 4. The van der Waals surface area contributed by atoms with E-state index in [9.17, 15) is 19.8 Å². The fourth-order valence-electron chi connectivity index (χ4n) is 4.09. The lowest BCUT2D eigenvalue weighted by Gasteiger charge is -2.45. The number of nitrogens with one attached hydrogen (secondary N) is 1. The van der Waals surface area contributed by atoms with Crippen molar-refractivity contribution in [2.75, 3.05) is 26.2 Å². The van der Waals surface area contributed by atoms with Crippen LogP contribution in [0.25, 0.3) is 0 Å². The Balaban J connectivity index is 1.83. The Hall–Kier alpha value is -2.12. The number of piperidine rings is 1. The molecule has 0 aromatic heterocycles. The van der Waals surface area contributed by atoms with Crippen molar-refractivity contribution in [1.82, 2.24) is 10.2 Å². The fourth-order valence-corrected chi connectivity index (χ4v) is 4.09. The molecule has 7 nitrogen and oxygen atoms in total. The number of hydrogen-bond acceptors (Lipinski definition) is 5. The fraction of sp³-hybridized carbons (Fsp3) is 0.636. The second-order valence-electron chi connectivity index (χ2n) is 8.41. The lowest BCUT2D eigenvalue weighted by Crippen LogP contribution is -2.48. The maximum Gasteiger partial charge on any atom is 0.326 e. The van der Waals surface area contributed by atoms with E-state index in [1.165, 1.54) is 0 Å². The van der Waals surface area contributed by atoms with Gasteiger partial charge in [-0.15, -0.1) is 0 Å². The van der Waals surface area contributed by atoms with Gasteiger partial charge in [-0.3, -0.25) is 4.79 Å². The summed E-state index contributed by atoms with van der Waals surface area (Å²) in [6.07, 6.45) is 3.07. The normalized spacial score (nSPS) is 23.5. The van der Waals surface area contributed by atoms with Gasteiger partial charge in [-0.2, -0.15) is 0 Å². The highest BCUT2D eigenvalue weighted by Crippen LogP contribution is 2.40. The third-order valence-corrected chi connectivity index (χ3v) is 6.31. The van der Waals surface area contributed by atoms with Crippen molar-refractivity contribution in [2.45, 2.75) is 57.4 Å². The smallest absolute Gasteiger partial charge is 0.326 e. The van der Waals surface area contributed by atoms with E-state index in [0.29, 0.717) is 31.8 Å². The standard InChI is InChI=1S/C22H35N3O4/c1-16-15-25(13-10-22(16,2)17-6-5-7-18(26)14-17)12-9-20(27)24-19(21(28)29)8-3-4-11-23/h5-7,14,16,19,26H,3-4,8-13,15,23H2,1-2H3,(H,24,27)(H,28,29)/t16-,19-,22+/m0/s1. The summed E-state index contributed by atoms with van der Waals surface area (Å²) in [7, 11) is 0. The SMILES string of the molecule is C[C@H]1CN(CCC(=O)N[C@@H](CCCCN)C(=O)O)CC[C@@]1(C)c1cccc(O)c1. The number of unbranched alkanes of at least 4 members (excludes halogenated alkanes) is 1. The molecule has 1 aliphatic heterocycles. The molecule has 0 bridgehead atoms. The molecule has 0 spiro atoms. The highest BCUT2D eigenvalue weighted by molar-refractivity contribution is 5.83. The number of phenols is 1. The first-order chi connectivity index (χ1) is 13.8. The number of phenolic OH excluding ortho intramolecular Hbond substituents is 1. The molecule has 0 radical (unpaired) electrons. The molecule has 1 amide bonds. The number of nitrogens with zero attached hydrogens (tertiary/aromatic N) is 1. The number of benzene rings is 1. The molecule has 0 aliphatic carbocycles. The van der Waals surface area contributed by atoms with Crippen LogP contribution in [0, 0.1) is 5.92 Å². The zero-order chi connectivity index (χ0) is 21.4. The zero-order valence-corrected chi connectivity index (χ0v) is 17.6. The van der Waals surface area contributed by atoms with Gasteiger partial charge in [0.25, 0.3) is 0 Å². The largest absolute Gasteiger partial charge is 0.508 e. The van der Waals surface area contributed by atoms with Gasteiger partial charge in [-0.1, -0.05) is 26.0 Å². The summed E-state index contributed by atoms with van der Waals surface area (Å²) in [5, 5.41) is 21.7. The van der Waals surface area contributed by atoms with Gasteiger partial charge in [0.15, 0.2) is 0 Å². The van der Waals surface area contributed by atoms with Crippen LogP contribution in [-0.2, 0) is 15.0 Å². The molecule has 7 heteroatoms. The maximum absolute atomic E-state index is 12.2. The number of rotatable bonds is 10. The van der Waals surface area contributed by atoms with Crippen molar-refractivity contribution >= 4 is 11.9 Å². The molecule has 1 aromatic rings. The van der Waals surface area contributed by atoms with Crippen molar-refractivity contribution in [3.63, 3.8) is 0 Å². The van der Waals surface area contributed by atoms with Crippen LogP contribution in [-0.4, -0.2) is 59.2 Å². The summed E-state index contributed by atoms with van der Waals surface area (Å²) in [6.45, 7) is 7.29. The summed E-state index contributed by atoms with van der Waals surface area (Å²) in [5.74, 6) is -0.568. The van der Waals surface area contributed by atoms with Crippen molar-refractivity contribution in [3.05, 3.63) is 29.8 Å². The van der Waals surface area contributed by atoms with Crippen molar-refractivity contribution in [2.24, 2.45) is 11.7 Å². The second-order valence-corrected chi connectivity index (χ2v) is 8.41. The van der Waals surface area contributed by atoms with E-state index in [0.717, 1.165) is 31.5 Å². The molecular formula is C22H35N3O4. The van der Waals surface area contributed by atoms with Crippen LogP contribution in [0.15, 0.2) is 24.3 Å². The third-order valence-electron chi connectivity index (χ3n) is 6.31. The summed E-state index contributed by atoms with van der Waals surface area (Å²) in [5.41, 5.74) is 6.57. The van der Waals surface area contributed by atoms with Crippen LogP contribution >= 0.6 is 0 Å². The molecule has 1 fully saturated rings. The molecule has 1 aliphatic rings. The highest BCUT2D eigenvalue weighted by Gasteiger charge is 2.38. The number of aliphatic carboxylic acids is 1. The first kappa shape index (κ1) is 23.2. The van der Waals surface area contributed by atoms with Gasteiger partial charge in [0.2, 0.25) is 5.91 Å². The predicted molar refractivity (Wildman–Crippen MR) is 113 cm³/mol. The second kappa shape index (κ2) is 10.6. The Morgan fingerprint density at radius 2 is 2.14 bits per heavy atom. The van der Waals surface area contributed by atoms with Gasteiger partial charge in [0.1, 0.15) is 11.8 Å². The number of likely N-dealkylation sites (tertiary alicyclic amines) is 1. The van der Waals surface area contributed by atoms with E-state index in [1.807, 2.05) is 12.1 Å². The number of carboxylic acid groups (broad SMARTS) is 1. The monoisotopic (exact) mass is 405 g/mol. The molecule has 0 saturated carbocycles. The number of nitrogens with two attached hydrogens (primary N) is 1. The van der Waals surface area contributed by atoms with E-state index < -0.39 is 12.0 Å². The Kier molecular flexibility index (Phi) is 8.46. The van der Waals surface area contributed by atoms with E-state index in [1.54, 1.807) is 6.07 Å². The van der Waals surface area contributed by atoms with E-state index in [4.69, 9.17) is 5.73 Å². The molecule has 29 heavy (non-hydrogen) atoms. The molecule has 162 valence electrons. The first-order valence-corrected chi connectivity index (χ1v) is 10.5. The van der Waals surface area contributed by atoms with Crippen LogP contribution in [0.3, 0.4) is 0 Å². The lowest BCUT2D eigenvalue weighted by molar-refractivity contribution is -0.142. The molecule has 3 atom stereocenters. The quantitative estimate of drug-likeness (QED) is 0.443. The van der Waals surface area contributed by atoms with Gasteiger partial charge in [-0.25, -0.2) is 4.79 Å². The van der Waals surface area contributed by atoms with Crippen LogP contribution in [0.2, 0.25) is 0 Å². The summed E-state index contributed by atoms with van der Waals surface area (Å²) in [6, 6.07) is 6.63. The molecular weight excluding hydrogens is 370 g/mol. The van der Waals surface area contributed by atoms with Crippen molar-refractivity contribution in [1.29, 1.82) is 0 Å². The molecule has 1 aromatic carbocycles. The van der Waals surface area contributed by atoms with Gasteiger partial charge in [-0.05, 0) is 67.8 Å². The average Bonchev–Trinajstić information content (AvgIpc) is 2.68. The predicted octanol–water partition coefficient (Wildman–Crippen LogP) is 2.08. The summed E-state index contributed by atoms with van der Waals surface area (Å²) >= 11 is 0. The number of aromatic hydroxyl groups is 1. The number of carboxylic acids is 1. The highest BCUT2D eigenvalue weighted by atomic mass is 16.4. The summed E-state index contributed by atoms with van der Waals surface area (Å²) < 4.78 is 0. The molecule has 5 N–H and O–H groups in total. The van der Waals surface area contributed by atoms with Crippen molar-refractivity contribution in [3.8, 4) is 5.75 Å². The number of carbonyl (C=O) groups is 2. The average molecular weight is 406 g/mol. The van der Waals surface area contributed by atoms with Crippen LogP contribution in [0.4, 0.5) is 0 Å². The minimum Gasteiger partial charge on any atom is -0.508 e. The number of carbonyl (C=O) groups excluding carboxylic acids is 1. The van der Waals surface area contributed by atoms with Crippen molar-refractivity contribution < 1.29 is 19.8 Å². The number of amides is 1. The Morgan fingerprint density at radius 3 is 2.76 bits per heavy atom. The third kappa shape index (κ3) is 6.44. The maximum atomic E-state index is 12.2. The topological polar surface area (TPSA) is 116 Å². The molecule has 1 heterocycles. The molecule has 1 saturated heterocycles. The van der Waals surface area contributed by atoms with Gasteiger partial charge >= 0.3 is 5.97 Å². The van der Waals surface area contributed by atoms with E-state index in [2.05, 4.69) is 30.1 Å². The minimum absolute atomic E-state index is 0.0190. The van der Waals surface area contributed by atoms with Gasteiger partial charge < -0.3 is 26.2 Å². The van der Waals surface area contributed by atoms with E-state index >= 15 is 0 Å². The Labute approximate surface area is 173 Å².